The van der Waals surface area contributed by atoms with Gasteiger partial charge in [0.25, 0.3) is 0 Å². The van der Waals surface area contributed by atoms with Crippen LogP contribution < -0.4 is 0 Å². The van der Waals surface area contributed by atoms with E-state index in [-0.39, 0.29) is 0 Å². The summed E-state index contributed by atoms with van der Waals surface area (Å²) in [4.78, 5) is 0. The Labute approximate surface area is 56.4 Å². The van der Waals surface area contributed by atoms with Gasteiger partial charge in [-0.15, -0.1) is 11.8 Å². The number of allylic oxidation sites excluding steroid dienone is 1. The van der Waals surface area contributed by atoms with Gasteiger partial charge in [-0.05, 0) is 17.6 Å². The Bertz CT molecular complexity index is 49.4. The molecule has 0 saturated carbocycles. The minimum atomic E-state index is 1.19. The Balaban J connectivity index is 2.83. The second kappa shape index (κ2) is 7.09. The van der Waals surface area contributed by atoms with Crippen LogP contribution in [-0.2, 0) is 0 Å². The van der Waals surface area contributed by atoms with Crippen LogP contribution in [-0.4, -0.2) is 5.75 Å². The lowest BCUT2D eigenvalue weighted by atomic mass is 10.3. The molecule has 1 heteroatoms. The van der Waals surface area contributed by atoms with Crippen molar-refractivity contribution in [1.82, 2.24) is 0 Å². The Kier molecular flexibility index (Phi) is 7.17. The van der Waals surface area contributed by atoms with Crippen LogP contribution >= 0.6 is 11.8 Å². The van der Waals surface area contributed by atoms with E-state index in [0.717, 1.165) is 0 Å². The van der Waals surface area contributed by atoms with Crippen molar-refractivity contribution in [2.75, 3.05) is 5.75 Å². The van der Waals surface area contributed by atoms with Gasteiger partial charge in [0.15, 0.2) is 0 Å². The lowest BCUT2D eigenvalue weighted by Gasteiger charge is -1.83. The maximum absolute atomic E-state index is 2.23. The maximum atomic E-state index is 2.23. The standard InChI is InChI=1S/C7H14S/c1-3-5-6-7-8-4-2/h6-7H,3-5H2,1-2H3/b7-6+. The summed E-state index contributed by atoms with van der Waals surface area (Å²) in [5.41, 5.74) is 0. The molecule has 0 aromatic carbocycles. The zero-order valence-corrected chi connectivity index (χ0v) is 6.50. The van der Waals surface area contributed by atoms with Crippen LogP contribution in [0.15, 0.2) is 11.5 Å². The van der Waals surface area contributed by atoms with E-state index < -0.39 is 0 Å². The summed E-state index contributed by atoms with van der Waals surface area (Å²) in [6, 6.07) is 0. The third kappa shape index (κ3) is 6.09. The summed E-state index contributed by atoms with van der Waals surface area (Å²) in [6.45, 7) is 4.36. The zero-order chi connectivity index (χ0) is 6.24. The Morgan fingerprint density at radius 3 is 2.62 bits per heavy atom. The van der Waals surface area contributed by atoms with Crippen molar-refractivity contribution < 1.29 is 0 Å². The topological polar surface area (TPSA) is 0 Å². The normalized spacial score (nSPS) is 10.8. The van der Waals surface area contributed by atoms with E-state index in [1.165, 1.54) is 18.6 Å². The highest BCUT2D eigenvalue weighted by Crippen LogP contribution is 2.01. The van der Waals surface area contributed by atoms with Crippen molar-refractivity contribution in [3.8, 4) is 0 Å². The van der Waals surface area contributed by atoms with Gasteiger partial charge in [-0.1, -0.05) is 26.3 Å². The Morgan fingerprint density at radius 1 is 1.38 bits per heavy atom. The SMILES string of the molecule is CCC/C=C/SCC. The van der Waals surface area contributed by atoms with E-state index in [4.69, 9.17) is 0 Å². The highest BCUT2D eigenvalue weighted by Gasteiger charge is 1.72. The minimum absolute atomic E-state index is 1.19. The number of thioether (sulfide) groups is 1. The van der Waals surface area contributed by atoms with Crippen LogP contribution in [0.5, 0.6) is 0 Å². The number of hydrogen-bond donors (Lipinski definition) is 0. The van der Waals surface area contributed by atoms with Crippen molar-refractivity contribution in [2.24, 2.45) is 0 Å². The molecule has 0 aliphatic rings. The van der Waals surface area contributed by atoms with Crippen molar-refractivity contribution >= 4 is 11.8 Å². The van der Waals surface area contributed by atoms with Gasteiger partial charge in [-0.25, -0.2) is 0 Å². The highest BCUT2D eigenvalue weighted by atomic mass is 32.2. The van der Waals surface area contributed by atoms with Crippen molar-refractivity contribution in [1.29, 1.82) is 0 Å². The number of rotatable bonds is 4. The Morgan fingerprint density at radius 2 is 2.12 bits per heavy atom. The summed E-state index contributed by atoms with van der Waals surface area (Å²) >= 11 is 1.87. The second-order valence-electron chi connectivity index (χ2n) is 1.62. The van der Waals surface area contributed by atoms with Crippen LogP contribution in [0.4, 0.5) is 0 Å². The first-order valence-corrected chi connectivity index (χ1v) is 4.23. The fraction of sp³-hybridized carbons (Fsp3) is 0.714. The van der Waals surface area contributed by atoms with Gasteiger partial charge >= 0.3 is 0 Å². The summed E-state index contributed by atoms with van der Waals surface area (Å²) in [5.74, 6) is 1.19. The maximum Gasteiger partial charge on any atom is -0.00546 e. The van der Waals surface area contributed by atoms with Gasteiger partial charge < -0.3 is 0 Å². The molecule has 0 fully saturated rings. The molecule has 0 spiro atoms. The van der Waals surface area contributed by atoms with E-state index >= 15 is 0 Å². The molecule has 8 heavy (non-hydrogen) atoms. The van der Waals surface area contributed by atoms with Crippen LogP contribution in [0.1, 0.15) is 26.7 Å². The lowest BCUT2D eigenvalue weighted by Crippen LogP contribution is -1.60. The number of unbranched alkanes of at least 4 members (excludes halogenated alkanes) is 1. The van der Waals surface area contributed by atoms with E-state index in [1.807, 2.05) is 11.8 Å². The molecule has 0 atom stereocenters. The quantitative estimate of drug-likeness (QED) is 0.563. The van der Waals surface area contributed by atoms with Crippen LogP contribution in [0.25, 0.3) is 0 Å². The Hall–Kier alpha value is 0.0900. The fourth-order valence-corrected chi connectivity index (χ4v) is 0.864. The van der Waals surface area contributed by atoms with Crippen molar-refractivity contribution in [3.63, 3.8) is 0 Å². The molecule has 0 radical (unpaired) electrons. The third-order valence-electron chi connectivity index (χ3n) is 0.814. The molecule has 0 saturated heterocycles. The summed E-state index contributed by atoms with van der Waals surface area (Å²) in [5, 5.41) is 2.18. The van der Waals surface area contributed by atoms with E-state index in [0.29, 0.717) is 0 Å². The zero-order valence-electron chi connectivity index (χ0n) is 5.68. The average Bonchev–Trinajstić information content (AvgIpc) is 1.81. The molecule has 0 unspecified atom stereocenters. The van der Waals surface area contributed by atoms with E-state index in [1.54, 1.807) is 0 Å². The van der Waals surface area contributed by atoms with Crippen LogP contribution in [0, 0.1) is 0 Å². The molecule has 0 aromatic heterocycles. The average molecular weight is 130 g/mol. The molecule has 0 amide bonds. The van der Waals surface area contributed by atoms with Gasteiger partial charge in [0.1, 0.15) is 0 Å². The molecule has 0 aliphatic carbocycles. The van der Waals surface area contributed by atoms with Gasteiger partial charge in [0, 0.05) is 0 Å². The molecule has 0 aliphatic heterocycles. The minimum Gasteiger partial charge on any atom is -0.135 e. The second-order valence-corrected chi connectivity index (χ2v) is 2.80. The molecule has 0 aromatic rings. The largest absolute Gasteiger partial charge is 0.135 e. The molecule has 0 N–H and O–H groups in total. The smallest absolute Gasteiger partial charge is 0.00546 e. The predicted octanol–water partition coefficient (Wildman–Crippen LogP) is 3.05. The van der Waals surface area contributed by atoms with Crippen molar-refractivity contribution in [2.45, 2.75) is 26.7 Å². The number of hydrogen-bond acceptors (Lipinski definition) is 1. The first kappa shape index (κ1) is 8.09. The van der Waals surface area contributed by atoms with Crippen LogP contribution in [0.3, 0.4) is 0 Å². The van der Waals surface area contributed by atoms with E-state index in [2.05, 4.69) is 25.3 Å². The fourth-order valence-electron chi connectivity index (χ4n) is 0.399. The lowest BCUT2D eigenvalue weighted by molar-refractivity contribution is 0.960. The molecule has 0 bridgehead atoms. The van der Waals surface area contributed by atoms with Gasteiger partial charge in [-0.3, -0.25) is 0 Å². The van der Waals surface area contributed by atoms with Crippen LogP contribution in [0.2, 0.25) is 0 Å². The van der Waals surface area contributed by atoms with Crippen molar-refractivity contribution in [3.05, 3.63) is 11.5 Å². The molecular weight excluding hydrogens is 116 g/mol. The first-order chi connectivity index (χ1) is 3.91. The highest BCUT2D eigenvalue weighted by molar-refractivity contribution is 8.02. The first-order valence-electron chi connectivity index (χ1n) is 3.18. The molecule has 0 heterocycles. The van der Waals surface area contributed by atoms with Gasteiger partial charge in [0.05, 0.1) is 0 Å². The van der Waals surface area contributed by atoms with Gasteiger partial charge in [0.2, 0.25) is 0 Å². The monoisotopic (exact) mass is 130 g/mol. The molecular formula is C7H14S. The molecule has 0 rings (SSSR count). The molecule has 0 nitrogen and oxygen atoms in total. The summed E-state index contributed by atoms with van der Waals surface area (Å²) in [6.07, 6.45) is 4.72. The van der Waals surface area contributed by atoms with E-state index in [9.17, 15) is 0 Å². The molecule has 48 valence electrons. The predicted molar refractivity (Wildman–Crippen MR) is 42.2 cm³/mol. The summed E-state index contributed by atoms with van der Waals surface area (Å²) < 4.78 is 0. The summed E-state index contributed by atoms with van der Waals surface area (Å²) in [7, 11) is 0. The third-order valence-corrected chi connectivity index (χ3v) is 1.53. The van der Waals surface area contributed by atoms with Gasteiger partial charge in [-0.2, -0.15) is 0 Å².